The Morgan fingerprint density at radius 2 is 1.65 bits per heavy atom. The van der Waals surface area contributed by atoms with E-state index < -0.39 is 21.9 Å². The van der Waals surface area contributed by atoms with Crippen molar-refractivity contribution >= 4 is 21.9 Å². The van der Waals surface area contributed by atoms with Crippen LogP contribution in [-0.2, 0) is 14.8 Å². The Morgan fingerprint density at radius 1 is 1.13 bits per heavy atom. The first-order valence-corrected chi connectivity index (χ1v) is 8.72. The maximum atomic E-state index is 12.4. The monoisotopic (exact) mass is 340 g/mol. The molecular weight excluding hydrogens is 320 g/mol. The fourth-order valence-electron chi connectivity index (χ4n) is 2.49. The Labute approximate surface area is 135 Å². The normalized spacial score (nSPS) is 16.6. The second-order valence-corrected chi connectivity index (χ2v) is 7.87. The van der Waals surface area contributed by atoms with Crippen LogP contribution < -0.4 is 0 Å². The molecule has 0 saturated carbocycles. The number of rotatable bonds is 4. The molecule has 7 nitrogen and oxygen atoms in total. The van der Waals surface area contributed by atoms with E-state index in [4.69, 9.17) is 5.11 Å². The summed E-state index contributed by atoms with van der Waals surface area (Å²) in [6, 6.07) is 5.79. The van der Waals surface area contributed by atoms with Gasteiger partial charge in [-0.25, -0.2) is 12.7 Å². The summed E-state index contributed by atoms with van der Waals surface area (Å²) in [4.78, 5) is 25.0. The minimum absolute atomic E-state index is 0.128. The van der Waals surface area contributed by atoms with Crippen molar-refractivity contribution in [1.82, 2.24) is 9.21 Å². The van der Waals surface area contributed by atoms with Crippen LogP contribution in [-0.4, -0.2) is 61.8 Å². The summed E-state index contributed by atoms with van der Waals surface area (Å²) in [5.74, 6) is -1.43. The zero-order valence-corrected chi connectivity index (χ0v) is 13.9. The maximum Gasteiger partial charge on any atom is 0.306 e. The molecule has 8 heteroatoms. The lowest BCUT2D eigenvalue weighted by Crippen LogP contribution is -2.40. The first-order chi connectivity index (χ1) is 10.7. The Morgan fingerprint density at radius 3 is 2.09 bits per heavy atom. The molecule has 1 aromatic rings. The van der Waals surface area contributed by atoms with Gasteiger partial charge >= 0.3 is 5.97 Å². The summed E-state index contributed by atoms with van der Waals surface area (Å²) in [6.07, 6.45) is 0.877. The third-order valence-corrected chi connectivity index (χ3v) is 5.84. The van der Waals surface area contributed by atoms with Crippen LogP contribution in [0, 0.1) is 5.92 Å². The van der Waals surface area contributed by atoms with Crippen molar-refractivity contribution in [2.24, 2.45) is 5.92 Å². The largest absolute Gasteiger partial charge is 0.481 e. The zero-order valence-electron chi connectivity index (χ0n) is 13.1. The van der Waals surface area contributed by atoms with Crippen LogP contribution in [0.1, 0.15) is 23.2 Å². The Hall–Kier alpha value is -1.93. The quantitative estimate of drug-likeness (QED) is 0.878. The summed E-state index contributed by atoms with van der Waals surface area (Å²) in [5.41, 5.74) is 0.400. The molecule has 1 saturated heterocycles. The van der Waals surface area contributed by atoms with Gasteiger partial charge in [-0.3, -0.25) is 9.59 Å². The van der Waals surface area contributed by atoms with Gasteiger partial charge in [0.15, 0.2) is 0 Å². The van der Waals surface area contributed by atoms with Gasteiger partial charge in [-0.05, 0) is 37.1 Å². The second-order valence-electron chi connectivity index (χ2n) is 5.72. The van der Waals surface area contributed by atoms with Crippen molar-refractivity contribution in [3.63, 3.8) is 0 Å². The molecule has 0 unspecified atom stereocenters. The molecule has 2 rings (SSSR count). The SMILES string of the molecule is CN(C)S(=O)(=O)c1ccc(C(=O)N2CCC(C(=O)O)CC2)cc1. The van der Waals surface area contributed by atoms with Gasteiger partial charge in [-0.15, -0.1) is 0 Å². The van der Waals surface area contributed by atoms with E-state index in [2.05, 4.69) is 0 Å². The number of aliphatic carboxylic acids is 1. The van der Waals surface area contributed by atoms with Gasteiger partial charge < -0.3 is 10.0 Å². The Kier molecular flexibility index (Phi) is 5.06. The predicted molar refractivity (Wildman–Crippen MR) is 83.6 cm³/mol. The maximum absolute atomic E-state index is 12.4. The molecule has 1 aromatic carbocycles. The minimum Gasteiger partial charge on any atom is -0.481 e. The van der Waals surface area contributed by atoms with Crippen molar-refractivity contribution in [1.29, 1.82) is 0 Å². The highest BCUT2D eigenvalue weighted by Crippen LogP contribution is 2.20. The number of hydrogen-bond acceptors (Lipinski definition) is 4. The first-order valence-electron chi connectivity index (χ1n) is 7.28. The van der Waals surface area contributed by atoms with E-state index in [0.29, 0.717) is 31.5 Å². The summed E-state index contributed by atoms with van der Waals surface area (Å²) >= 11 is 0. The Bertz CT molecular complexity index is 689. The number of piperidine rings is 1. The molecule has 23 heavy (non-hydrogen) atoms. The molecule has 0 atom stereocenters. The molecular formula is C15H20N2O5S. The van der Waals surface area contributed by atoms with E-state index in [9.17, 15) is 18.0 Å². The number of carbonyl (C=O) groups excluding carboxylic acids is 1. The van der Waals surface area contributed by atoms with Crippen molar-refractivity contribution in [2.45, 2.75) is 17.7 Å². The lowest BCUT2D eigenvalue weighted by atomic mass is 9.96. The smallest absolute Gasteiger partial charge is 0.306 e. The average Bonchev–Trinajstić information content (AvgIpc) is 2.54. The molecule has 0 aliphatic carbocycles. The molecule has 1 heterocycles. The number of benzene rings is 1. The predicted octanol–water partition coefficient (Wildman–Crippen LogP) is 0.874. The molecule has 1 aliphatic heterocycles. The number of nitrogens with zero attached hydrogens (tertiary/aromatic N) is 2. The third kappa shape index (κ3) is 3.70. The number of likely N-dealkylation sites (tertiary alicyclic amines) is 1. The van der Waals surface area contributed by atoms with Crippen LogP contribution in [0.3, 0.4) is 0 Å². The van der Waals surface area contributed by atoms with Gasteiger partial charge in [-0.2, -0.15) is 0 Å². The minimum atomic E-state index is -3.52. The topological polar surface area (TPSA) is 95.0 Å². The van der Waals surface area contributed by atoms with Crippen molar-refractivity contribution in [2.75, 3.05) is 27.2 Å². The zero-order chi connectivity index (χ0) is 17.2. The molecule has 0 aromatic heterocycles. The molecule has 1 aliphatic rings. The number of sulfonamides is 1. The number of hydrogen-bond donors (Lipinski definition) is 1. The van der Waals surface area contributed by atoms with Crippen LogP contribution in [0.4, 0.5) is 0 Å². The van der Waals surface area contributed by atoms with Gasteiger partial charge in [0.05, 0.1) is 10.8 Å². The van der Waals surface area contributed by atoms with Gasteiger partial charge in [0.1, 0.15) is 0 Å². The lowest BCUT2D eigenvalue weighted by molar-refractivity contribution is -0.143. The highest BCUT2D eigenvalue weighted by atomic mass is 32.2. The van der Waals surface area contributed by atoms with E-state index in [1.165, 1.54) is 38.4 Å². The summed E-state index contributed by atoms with van der Waals surface area (Å²) in [7, 11) is -0.627. The number of carbonyl (C=O) groups is 2. The summed E-state index contributed by atoms with van der Waals surface area (Å²) in [6.45, 7) is 0.793. The van der Waals surface area contributed by atoms with Crippen LogP contribution >= 0.6 is 0 Å². The van der Waals surface area contributed by atoms with Crippen molar-refractivity contribution in [3.05, 3.63) is 29.8 Å². The highest BCUT2D eigenvalue weighted by Gasteiger charge is 2.27. The molecule has 1 fully saturated rings. The molecule has 1 amide bonds. The van der Waals surface area contributed by atoms with Gasteiger partial charge in [0, 0.05) is 32.7 Å². The van der Waals surface area contributed by atoms with Crippen LogP contribution in [0.15, 0.2) is 29.2 Å². The van der Waals surface area contributed by atoms with Crippen LogP contribution in [0.25, 0.3) is 0 Å². The van der Waals surface area contributed by atoms with E-state index in [1.807, 2.05) is 0 Å². The first kappa shape index (κ1) is 17.4. The fraction of sp³-hybridized carbons (Fsp3) is 0.467. The molecule has 1 N–H and O–H groups in total. The fourth-order valence-corrected chi connectivity index (χ4v) is 3.39. The van der Waals surface area contributed by atoms with E-state index >= 15 is 0 Å². The summed E-state index contributed by atoms with van der Waals surface area (Å²) in [5, 5.41) is 8.97. The van der Waals surface area contributed by atoms with Crippen molar-refractivity contribution in [3.8, 4) is 0 Å². The Balaban J connectivity index is 2.09. The van der Waals surface area contributed by atoms with Crippen LogP contribution in [0.2, 0.25) is 0 Å². The standard InChI is InChI=1S/C15H20N2O5S/c1-16(2)23(21,22)13-5-3-11(4-6-13)14(18)17-9-7-12(8-10-17)15(19)20/h3-6,12H,7-10H2,1-2H3,(H,19,20). The van der Waals surface area contributed by atoms with Gasteiger partial charge in [0.25, 0.3) is 5.91 Å². The molecule has 0 radical (unpaired) electrons. The number of amides is 1. The number of carboxylic acids is 1. The van der Waals surface area contributed by atoms with Crippen LogP contribution in [0.5, 0.6) is 0 Å². The molecule has 0 bridgehead atoms. The van der Waals surface area contributed by atoms with E-state index in [-0.39, 0.29) is 10.8 Å². The van der Waals surface area contributed by atoms with Gasteiger partial charge in [-0.1, -0.05) is 0 Å². The summed E-state index contributed by atoms with van der Waals surface area (Å²) < 4.78 is 25.1. The van der Waals surface area contributed by atoms with Gasteiger partial charge in [0.2, 0.25) is 10.0 Å². The third-order valence-electron chi connectivity index (χ3n) is 4.01. The highest BCUT2D eigenvalue weighted by molar-refractivity contribution is 7.89. The van der Waals surface area contributed by atoms with E-state index in [1.54, 1.807) is 4.90 Å². The molecule has 0 spiro atoms. The lowest BCUT2D eigenvalue weighted by Gasteiger charge is -2.30. The van der Waals surface area contributed by atoms with E-state index in [0.717, 1.165) is 4.31 Å². The number of carboxylic acid groups (broad SMARTS) is 1. The average molecular weight is 340 g/mol. The molecule has 126 valence electrons. The van der Waals surface area contributed by atoms with Crippen molar-refractivity contribution < 1.29 is 23.1 Å². The second kappa shape index (κ2) is 6.67.